The summed E-state index contributed by atoms with van der Waals surface area (Å²) >= 11 is 0. The van der Waals surface area contributed by atoms with Crippen LogP contribution >= 0.6 is 0 Å². The molecule has 0 amide bonds. The molecular formula is C19H24N2. The van der Waals surface area contributed by atoms with Crippen molar-refractivity contribution in [1.29, 1.82) is 0 Å². The lowest BCUT2D eigenvalue weighted by atomic mass is 9.59. The second-order valence-electron chi connectivity index (χ2n) is 7.55. The Bertz CT molecular complexity index is 620. The van der Waals surface area contributed by atoms with Crippen LogP contribution < -0.4 is 0 Å². The fourth-order valence-corrected chi connectivity index (χ4v) is 5.92. The molecule has 21 heavy (non-hydrogen) atoms. The number of aliphatic imine (C=N–C) groups is 1. The van der Waals surface area contributed by atoms with Crippen LogP contribution in [0.25, 0.3) is 0 Å². The van der Waals surface area contributed by atoms with Crippen molar-refractivity contribution in [2.75, 3.05) is 13.1 Å². The van der Waals surface area contributed by atoms with Gasteiger partial charge in [0.15, 0.2) is 0 Å². The van der Waals surface area contributed by atoms with E-state index in [9.17, 15) is 0 Å². The van der Waals surface area contributed by atoms with E-state index in [1.807, 2.05) is 0 Å². The Kier molecular flexibility index (Phi) is 2.48. The lowest BCUT2D eigenvalue weighted by molar-refractivity contribution is 0.0591. The molecule has 3 aliphatic heterocycles. The molecule has 3 fully saturated rings. The summed E-state index contributed by atoms with van der Waals surface area (Å²) in [5.74, 6) is 1.83. The van der Waals surface area contributed by atoms with Crippen molar-refractivity contribution in [1.82, 2.24) is 4.90 Å². The molecule has 0 N–H and O–H groups in total. The number of hydrogen-bond donors (Lipinski definition) is 0. The molecule has 0 radical (unpaired) electrons. The van der Waals surface area contributed by atoms with Crippen molar-refractivity contribution >= 4 is 11.4 Å². The lowest BCUT2D eigenvalue weighted by Gasteiger charge is -2.50. The molecule has 0 bridgehead atoms. The van der Waals surface area contributed by atoms with Crippen LogP contribution in [-0.2, 0) is 5.41 Å². The lowest BCUT2D eigenvalue weighted by Crippen LogP contribution is -2.57. The average molecular weight is 280 g/mol. The quantitative estimate of drug-likeness (QED) is 0.761. The van der Waals surface area contributed by atoms with E-state index in [2.05, 4.69) is 36.1 Å². The molecule has 2 nitrogen and oxygen atoms in total. The monoisotopic (exact) mass is 280 g/mol. The summed E-state index contributed by atoms with van der Waals surface area (Å²) in [6.07, 6.45) is 6.71. The number of nitrogens with zero attached hydrogens (tertiary/aromatic N) is 2. The second kappa shape index (κ2) is 4.19. The highest BCUT2D eigenvalue weighted by atomic mass is 15.2. The molecule has 1 aromatic rings. The predicted octanol–water partition coefficient (Wildman–Crippen LogP) is 3.92. The number of benzene rings is 1. The maximum Gasteiger partial charge on any atom is 0.0671 e. The van der Waals surface area contributed by atoms with Crippen molar-refractivity contribution in [3.05, 3.63) is 29.8 Å². The molecule has 3 heterocycles. The maximum atomic E-state index is 5.06. The Morgan fingerprint density at radius 1 is 1.33 bits per heavy atom. The molecule has 0 unspecified atom stereocenters. The van der Waals surface area contributed by atoms with Crippen LogP contribution in [0, 0.1) is 11.8 Å². The van der Waals surface area contributed by atoms with E-state index >= 15 is 0 Å². The smallest absolute Gasteiger partial charge is 0.0671 e. The van der Waals surface area contributed by atoms with Gasteiger partial charge in [-0.3, -0.25) is 9.89 Å². The van der Waals surface area contributed by atoms with Gasteiger partial charge in [-0.15, -0.1) is 0 Å². The predicted molar refractivity (Wildman–Crippen MR) is 86.3 cm³/mol. The molecule has 1 aromatic carbocycles. The molecule has 1 spiro atoms. The van der Waals surface area contributed by atoms with Crippen LogP contribution in [0.3, 0.4) is 0 Å². The normalized spacial score (nSPS) is 40.4. The number of fused-ring (bicyclic) bond motifs is 1. The van der Waals surface area contributed by atoms with Gasteiger partial charge in [0.25, 0.3) is 0 Å². The SMILES string of the molecule is CC[C@H]1C[C@@H]2CCC3=Nc4ccccc4[C@]34CCN(C1)[C@H]24. The topological polar surface area (TPSA) is 15.6 Å². The highest BCUT2D eigenvalue weighted by molar-refractivity contribution is 6.03. The summed E-state index contributed by atoms with van der Waals surface area (Å²) in [6.45, 7) is 4.98. The Morgan fingerprint density at radius 2 is 2.24 bits per heavy atom. The van der Waals surface area contributed by atoms with Crippen LogP contribution in [-0.4, -0.2) is 29.7 Å². The van der Waals surface area contributed by atoms with E-state index in [1.165, 1.54) is 56.6 Å². The van der Waals surface area contributed by atoms with Gasteiger partial charge in [0.1, 0.15) is 0 Å². The summed E-state index contributed by atoms with van der Waals surface area (Å²) in [5, 5.41) is 0. The van der Waals surface area contributed by atoms with E-state index < -0.39 is 0 Å². The zero-order valence-electron chi connectivity index (χ0n) is 12.9. The third kappa shape index (κ3) is 1.45. The first-order chi connectivity index (χ1) is 10.3. The van der Waals surface area contributed by atoms with Crippen LogP contribution in [0.15, 0.2) is 29.3 Å². The molecule has 4 atom stereocenters. The minimum absolute atomic E-state index is 0.290. The van der Waals surface area contributed by atoms with E-state index in [0.29, 0.717) is 0 Å². The van der Waals surface area contributed by atoms with E-state index in [-0.39, 0.29) is 5.41 Å². The van der Waals surface area contributed by atoms with Gasteiger partial charge in [-0.05, 0) is 55.7 Å². The van der Waals surface area contributed by atoms with E-state index in [1.54, 1.807) is 5.56 Å². The fraction of sp³-hybridized carbons (Fsp3) is 0.632. The molecule has 110 valence electrons. The molecule has 1 aliphatic carbocycles. The first kappa shape index (κ1) is 12.4. The molecule has 2 saturated heterocycles. The Hall–Kier alpha value is -1.15. The third-order valence-corrected chi connectivity index (χ3v) is 6.75. The minimum atomic E-state index is 0.290. The number of hydrogen-bond acceptors (Lipinski definition) is 2. The zero-order chi connectivity index (χ0) is 14.0. The number of para-hydroxylation sites is 1. The fourth-order valence-electron chi connectivity index (χ4n) is 5.92. The number of rotatable bonds is 1. The Morgan fingerprint density at radius 3 is 3.14 bits per heavy atom. The van der Waals surface area contributed by atoms with Gasteiger partial charge < -0.3 is 0 Å². The van der Waals surface area contributed by atoms with Crippen LogP contribution in [0.2, 0.25) is 0 Å². The second-order valence-corrected chi connectivity index (χ2v) is 7.55. The summed E-state index contributed by atoms with van der Waals surface area (Å²) < 4.78 is 0. The van der Waals surface area contributed by atoms with Crippen molar-refractivity contribution in [3.8, 4) is 0 Å². The summed E-state index contributed by atoms with van der Waals surface area (Å²) in [5.41, 5.74) is 4.63. The van der Waals surface area contributed by atoms with Gasteiger partial charge in [-0.25, -0.2) is 0 Å². The van der Waals surface area contributed by atoms with E-state index in [4.69, 9.17) is 4.99 Å². The van der Waals surface area contributed by atoms with Crippen molar-refractivity contribution in [2.24, 2.45) is 16.8 Å². The summed E-state index contributed by atoms with van der Waals surface area (Å²) in [7, 11) is 0. The highest BCUT2D eigenvalue weighted by Gasteiger charge is 2.60. The van der Waals surface area contributed by atoms with Crippen LogP contribution in [0.4, 0.5) is 5.69 Å². The number of piperidine rings is 1. The highest BCUT2D eigenvalue weighted by Crippen LogP contribution is 2.57. The van der Waals surface area contributed by atoms with Crippen molar-refractivity contribution < 1.29 is 0 Å². The van der Waals surface area contributed by atoms with Gasteiger partial charge in [-0.1, -0.05) is 31.5 Å². The van der Waals surface area contributed by atoms with Gasteiger partial charge >= 0.3 is 0 Å². The zero-order valence-corrected chi connectivity index (χ0v) is 12.9. The van der Waals surface area contributed by atoms with Gasteiger partial charge in [0.2, 0.25) is 0 Å². The Balaban J connectivity index is 1.64. The maximum absolute atomic E-state index is 5.06. The first-order valence-corrected chi connectivity index (χ1v) is 8.74. The van der Waals surface area contributed by atoms with Gasteiger partial charge in [0, 0.05) is 18.3 Å². The van der Waals surface area contributed by atoms with Crippen LogP contribution in [0.5, 0.6) is 0 Å². The van der Waals surface area contributed by atoms with Gasteiger partial charge in [0.05, 0.1) is 11.1 Å². The molecule has 2 heteroatoms. The van der Waals surface area contributed by atoms with Crippen LogP contribution in [0.1, 0.15) is 44.6 Å². The summed E-state index contributed by atoms with van der Waals surface area (Å²) in [6, 6.07) is 9.70. The van der Waals surface area contributed by atoms with E-state index in [0.717, 1.165) is 17.9 Å². The largest absolute Gasteiger partial charge is 0.299 e. The Labute approximate surface area is 127 Å². The molecule has 1 saturated carbocycles. The van der Waals surface area contributed by atoms with Gasteiger partial charge in [-0.2, -0.15) is 0 Å². The third-order valence-electron chi connectivity index (χ3n) is 6.75. The molecule has 5 rings (SSSR count). The minimum Gasteiger partial charge on any atom is -0.299 e. The summed E-state index contributed by atoms with van der Waals surface area (Å²) in [4.78, 5) is 7.90. The molecule has 0 aromatic heterocycles. The first-order valence-electron chi connectivity index (χ1n) is 8.74. The van der Waals surface area contributed by atoms with Crippen molar-refractivity contribution in [2.45, 2.75) is 50.5 Å². The molecular weight excluding hydrogens is 256 g/mol. The average Bonchev–Trinajstić information content (AvgIpc) is 3.07. The standard InChI is InChI=1S/C19H24N2/c1-2-13-11-14-7-8-17-19(9-10-21(12-13)18(14)19)15-5-3-4-6-16(15)20-17/h3-6,13-14,18H,2,7-12H2,1H3/t13-,14-,18+,19+/m0/s1. The van der Waals surface area contributed by atoms with Crippen molar-refractivity contribution in [3.63, 3.8) is 0 Å². The molecule has 4 aliphatic rings.